The van der Waals surface area contributed by atoms with Crippen molar-refractivity contribution >= 4 is 43.4 Å². The Kier molecular flexibility index (Phi) is 4.94. The Morgan fingerprint density at radius 1 is 0.465 bits per heavy atom. The molecule has 0 atom stereocenters. The quantitative estimate of drug-likeness (QED) is 0.189. The van der Waals surface area contributed by atoms with Crippen molar-refractivity contribution in [2.24, 2.45) is 0 Å². The summed E-state index contributed by atoms with van der Waals surface area (Å²) in [4.78, 5) is 0. The number of hydrogen-bond acceptors (Lipinski definition) is 0. The molecule has 0 bridgehead atoms. The Bertz CT molecular complexity index is 2360. The van der Waals surface area contributed by atoms with Crippen LogP contribution in [0.3, 0.4) is 0 Å². The Balaban J connectivity index is 1.39. The fraction of sp³-hybridized carbons (Fsp3) is 0.0952. The number of aryl methyl sites for hydroxylation is 1. The Morgan fingerprint density at radius 2 is 1.02 bits per heavy atom. The molecule has 0 radical (unpaired) electrons. The van der Waals surface area contributed by atoms with Crippen molar-refractivity contribution in [3.8, 4) is 27.9 Å². The summed E-state index contributed by atoms with van der Waals surface area (Å²) in [6.45, 7) is 7.04. The first-order valence-electron chi connectivity index (χ1n) is 15.2. The zero-order valence-electron chi connectivity index (χ0n) is 24.6. The van der Waals surface area contributed by atoms with Crippen molar-refractivity contribution in [3.63, 3.8) is 0 Å². The largest absolute Gasteiger partial charge is 0.309 e. The number of benzene rings is 7. The lowest BCUT2D eigenvalue weighted by Crippen LogP contribution is -2.26. The summed E-state index contributed by atoms with van der Waals surface area (Å²) in [6, 6.07) is 49.6. The Morgan fingerprint density at radius 3 is 1.67 bits per heavy atom. The van der Waals surface area contributed by atoms with Gasteiger partial charge in [0.15, 0.2) is 0 Å². The van der Waals surface area contributed by atoms with Crippen LogP contribution >= 0.6 is 0 Å². The predicted molar refractivity (Wildman–Crippen MR) is 184 cm³/mol. The molecule has 7 aromatic carbocycles. The molecule has 1 aliphatic rings. The highest BCUT2D eigenvalue weighted by Gasteiger charge is 2.36. The highest BCUT2D eigenvalue weighted by Crippen LogP contribution is 2.50. The van der Waals surface area contributed by atoms with E-state index in [1.54, 1.807) is 0 Å². The van der Waals surface area contributed by atoms with Crippen LogP contribution in [0.15, 0.2) is 133 Å². The maximum absolute atomic E-state index is 2.51. The maximum Gasteiger partial charge on any atom is 0.0582 e. The van der Waals surface area contributed by atoms with Crippen molar-refractivity contribution < 1.29 is 0 Å². The molecule has 0 saturated carbocycles. The minimum absolute atomic E-state index is 0.157. The van der Waals surface area contributed by atoms with Gasteiger partial charge in [-0.25, -0.2) is 0 Å². The van der Waals surface area contributed by atoms with Gasteiger partial charge in [0.05, 0.1) is 16.7 Å². The molecule has 43 heavy (non-hydrogen) atoms. The number of fused-ring (bicyclic) bond motifs is 7. The minimum Gasteiger partial charge on any atom is -0.309 e. The molecule has 0 amide bonds. The SMILES string of the molecule is Cc1cc2c3c(c1)c1ccccc1n3-c1ccc(-c3c4ccccc4c(-c4ccccc4)c4ccccc34)cc1C2(C)C. The summed E-state index contributed by atoms with van der Waals surface area (Å²) < 4.78 is 2.51. The van der Waals surface area contributed by atoms with Gasteiger partial charge in [-0.1, -0.05) is 129 Å². The van der Waals surface area contributed by atoms with Crippen LogP contribution in [-0.2, 0) is 5.41 Å². The lowest BCUT2D eigenvalue weighted by Gasteiger charge is -2.35. The first kappa shape index (κ1) is 24.5. The Labute approximate surface area is 251 Å². The average Bonchev–Trinajstić information content (AvgIpc) is 3.37. The van der Waals surface area contributed by atoms with E-state index in [0.717, 1.165) is 0 Å². The number of rotatable bonds is 2. The minimum atomic E-state index is -0.157. The monoisotopic (exact) mass is 549 g/mol. The van der Waals surface area contributed by atoms with Crippen LogP contribution in [0.2, 0.25) is 0 Å². The first-order chi connectivity index (χ1) is 21.0. The van der Waals surface area contributed by atoms with Crippen LogP contribution in [0.5, 0.6) is 0 Å². The van der Waals surface area contributed by atoms with Gasteiger partial charge >= 0.3 is 0 Å². The molecule has 1 aromatic heterocycles. The van der Waals surface area contributed by atoms with Gasteiger partial charge in [-0.15, -0.1) is 0 Å². The third-order valence-corrected chi connectivity index (χ3v) is 9.78. The number of hydrogen-bond donors (Lipinski definition) is 0. The van der Waals surface area contributed by atoms with Gasteiger partial charge in [0.25, 0.3) is 0 Å². The molecule has 0 saturated heterocycles. The van der Waals surface area contributed by atoms with Crippen LogP contribution in [-0.4, -0.2) is 4.57 Å². The summed E-state index contributed by atoms with van der Waals surface area (Å²) in [5.74, 6) is 0. The van der Waals surface area contributed by atoms with E-state index in [1.165, 1.54) is 88.0 Å². The van der Waals surface area contributed by atoms with E-state index < -0.39 is 0 Å². The molecular weight excluding hydrogens is 518 g/mol. The van der Waals surface area contributed by atoms with Crippen LogP contribution in [0.25, 0.3) is 71.3 Å². The molecule has 0 N–H and O–H groups in total. The van der Waals surface area contributed by atoms with E-state index >= 15 is 0 Å². The molecular formula is C42H31N. The maximum atomic E-state index is 2.51. The van der Waals surface area contributed by atoms with Crippen LogP contribution < -0.4 is 0 Å². The molecule has 0 fully saturated rings. The number of nitrogens with zero attached hydrogens (tertiary/aromatic N) is 1. The lowest BCUT2D eigenvalue weighted by atomic mass is 9.73. The summed E-state index contributed by atoms with van der Waals surface area (Å²) in [5, 5.41) is 7.83. The van der Waals surface area contributed by atoms with E-state index in [0.29, 0.717) is 0 Å². The predicted octanol–water partition coefficient (Wildman–Crippen LogP) is 11.4. The van der Waals surface area contributed by atoms with Crippen molar-refractivity contribution in [3.05, 3.63) is 150 Å². The molecule has 1 nitrogen and oxygen atoms in total. The molecule has 0 unspecified atom stereocenters. The Hall–Kier alpha value is -5.14. The third kappa shape index (κ3) is 3.28. The molecule has 204 valence electrons. The smallest absolute Gasteiger partial charge is 0.0582 e. The van der Waals surface area contributed by atoms with E-state index in [-0.39, 0.29) is 5.41 Å². The second-order valence-corrected chi connectivity index (χ2v) is 12.6. The number of aromatic nitrogens is 1. The van der Waals surface area contributed by atoms with Gasteiger partial charge < -0.3 is 4.57 Å². The second-order valence-electron chi connectivity index (χ2n) is 12.6. The van der Waals surface area contributed by atoms with Crippen molar-refractivity contribution in [2.75, 3.05) is 0 Å². The molecule has 8 aromatic rings. The first-order valence-corrected chi connectivity index (χ1v) is 15.2. The second kappa shape index (κ2) is 8.69. The molecule has 1 aliphatic heterocycles. The highest BCUT2D eigenvalue weighted by atomic mass is 15.0. The number of para-hydroxylation sites is 1. The fourth-order valence-corrected chi connectivity index (χ4v) is 7.86. The van der Waals surface area contributed by atoms with Crippen LogP contribution in [0, 0.1) is 6.92 Å². The summed E-state index contributed by atoms with van der Waals surface area (Å²) in [6.07, 6.45) is 0. The van der Waals surface area contributed by atoms with Crippen molar-refractivity contribution in [1.29, 1.82) is 0 Å². The van der Waals surface area contributed by atoms with Crippen LogP contribution in [0.1, 0.15) is 30.5 Å². The average molecular weight is 550 g/mol. The molecule has 0 spiro atoms. The normalized spacial score (nSPS) is 13.7. The van der Waals surface area contributed by atoms with Crippen molar-refractivity contribution in [2.45, 2.75) is 26.2 Å². The van der Waals surface area contributed by atoms with Gasteiger partial charge in [-0.05, 0) is 86.1 Å². The standard InChI is InChI=1S/C42H31N/c1-26-23-34-29-15-11-12-20-37(29)43-38-22-21-28(25-35(38)42(2,3)36(24-26)41(34)43)40-32-18-9-7-16-30(32)39(27-13-5-4-6-14-27)31-17-8-10-19-33(31)40/h4-25H,1-3H3. The highest BCUT2D eigenvalue weighted by molar-refractivity contribution is 6.21. The van der Waals surface area contributed by atoms with E-state index in [4.69, 9.17) is 0 Å². The fourth-order valence-electron chi connectivity index (χ4n) is 7.86. The molecule has 1 heteroatoms. The lowest BCUT2D eigenvalue weighted by molar-refractivity contribution is 0.630. The molecule has 2 heterocycles. The summed E-state index contributed by atoms with van der Waals surface area (Å²) in [5.41, 5.74) is 13.0. The zero-order valence-corrected chi connectivity index (χ0v) is 24.6. The molecule has 0 aliphatic carbocycles. The van der Waals surface area contributed by atoms with E-state index in [1.807, 2.05) is 0 Å². The zero-order chi connectivity index (χ0) is 28.9. The van der Waals surface area contributed by atoms with Gasteiger partial charge in [0, 0.05) is 16.2 Å². The van der Waals surface area contributed by atoms with E-state index in [9.17, 15) is 0 Å². The van der Waals surface area contributed by atoms with E-state index in [2.05, 4.69) is 159 Å². The van der Waals surface area contributed by atoms with Crippen molar-refractivity contribution in [1.82, 2.24) is 4.57 Å². The molecule has 9 rings (SSSR count). The van der Waals surface area contributed by atoms with Crippen LogP contribution in [0.4, 0.5) is 0 Å². The summed E-state index contributed by atoms with van der Waals surface area (Å²) >= 11 is 0. The van der Waals surface area contributed by atoms with Gasteiger partial charge in [0.1, 0.15) is 0 Å². The van der Waals surface area contributed by atoms with Gasteiger partial charge in [-0.2, -0.15) is 0 Å². The third-order valence-electron chi connectivity index (χ3n) is 9.78. The van der Waals surface area contributed by atoms with Gasteiger partial charge in [0.2, 0.25) is 0 Å². The summed E-state index contributed by atoms with van der Waals surface area (Å²) in [7, 11) is 0. The van der Waals surface area contributed by atoms with Gasteiger partial charge in [-0.3, -0.25) is 0 Å². The topological polar surface area (TPSA) is 4.93 Å².